The molecule has 1 rings (SSSR count). The number of carbonyl (C=O) groups excluding carboxylic acids is 2. The van der Waals surface area contributed by atoms with Crippen LogP contribution in [0.15, 0.2) is 0 Å². The molecule has 1 fully saturated rings. The summed E-state index contributed by atoms with van der Waals surface area (Å²) in [5, 5.41) is 2.89. The molecule has 0 aromatic carbocycles. The number of amides is 2. The van der Waals surface area contributed by atoms with E-state index in [0.29, 0.717) is 11.6 Å². The van der Waals surface area contributed by atoms with Crippen LogP contribution in [0.4, 0.5) is 0 Å². The summed E-state index contributed by atoms with van der Waals surface area (Å²) in [6.07, 6.45) is 6.03. The van der Waals surface area contributed by atoms with Gasteiger partial charge in [0.05, 0.1) is 11.6 Å². The molecule has 1 aliphatic heterocycles. The number of hydrogen-bond donors (Lipinski definition) is 1. The Morgan fingerprint density at radius 2 is 2.05 bits per heavy atom. The van der Waals surface area contributed by atoms with Gasteiger partial charge in [-0.25, -0.2) is 0 Å². The van der Waals surface area contributed by atoms with E-state index >= 15 is 0 Å². The van der Waals surface area contributed by atoms with E-state index in [0.717, 1.165) is 18.9 Å². The molecule has 1 heterocycles. The van der Waals surface area contributed by atoms with Crippen molar-refractivity contribution in [3.05, 3.63) is 0 Å². The molecule has 0 atom stereocenters. The second kappa shape index (κ2) is 9.23. The highest BCUT2D eigenvalue weighted by Gasteiger charge is 2.22. The molecular weight excluding hydrogens is 260 g/mol. The van der Waals surface area contributed by atoms with E-state index in [1.165, 1.54) is 25.7 Å². The smallest absolute Gasteiger partial charge is 0.239 e. The number of rotatable bonds is 9. The van der Waals surface area contributed by atoms with Crippen LogP contribution in [0.25, 0.3) is 0 Å². The molecule has 0 saturated carbocycles. The second-order valence-electron chi connectivity index (χ2n) is 5.52. The van der Waals surface area contributed by atoms with Crippen LogP contribution in [0.3, 0.4) is 0 Å². The van der Waals surface area contributed by atoms with Gasteiger partial charge < -0.3 is 10.2 Å². The van der Waals surface area contributed by atoms with Crippen molar-refractivity contribution in [3.8, 4) is 0 Å². The number of nitrogens with zero attached hydrogens (tertiary/aromatic N) is 1. The lowest BCUT2D eigenvalue weighted by molar-refractivity contribution is -0.132. The molecule has 1 saturated heterocycles. The number of thioether (sulfide) groups is 1. The average molecular weight is 286 g/mol. The molecule has 0 aromatic heterocycles. The molecule has 5 heteroatoms. The highest BCUT2D eigenvalue weighted by Crippen LogP contribution is 2.13. The first-order valence-corrected chi connectivity index (χ1v) is 8.37. The molecule has 0 aromatic rings. The Morgan fingerprint density at radius 3 is 2.68 bits per heavy atom. The van der Waals surface area contributed by atoms with Crippen molar-refractivity contribution in [2.45, 2.75) is 46.0 Å². The Bertz CT molecular complexity index is 295. The van der Waals surface area contributed by atoms with Crippen molar-refractivity contribution in [3.63, 3.8) is 0 Å². The maximum absolute atomic E-state index is 11.6. The van der Waals surface area contributed by atoms with Gasteiger partial charge in [0.1, 0.15) is 6.54 Å². The van der Waals surface area contributed by atoms with E-state index in [4.69, 9.17) is 0 Å². The normalized spacial score (nSPS) is 15.3. The van der Waals surface area contributed by atoms with Gasteiger partial charge in [-0.3, -0.25) is 9.59 Å². The highest BCUT2D eigenvalue weighted by atomic mass is 32.2. The van der Waals surface area contributed by atoms with Gasteiger partial charge in [0, 0.05) is 6.54 Å². The molecule has 2 amide bonds. The van der Waals surface area contributed by atoms with Crippen LogP contribution < -0.4 is 5.32 Å². The fourth-order valence-corrected chi connectivity index (χ4v) is 2.93. The minimum Gasteiger partial charge on any atom is -0.355 e. The quantitative estimate of drug-likeness (QED) is 0.661. The fraction of sp³-hybridized carbons (Fsp3) is 0.857. The lowest BCUT2D eigenvalue weighted by Crippen LogP contribution is -2.38. The third kappa shape index (κ3) is 7.45. The summed E-state index contributed by atoms with van der Waals surface area (Å²) in [6, 6.07) is 0. The number of unbranched alkanes of at least 4 members (excludes halogenated alkanes) is 3. The van der Waals surface area contributed by atoms with Crippen LogP contribution in [-0.2, 0) is 9.59 Å². The molecular formula is C14H26N2O2S. The van der Waals surface area contributed by atoms with Gasteiger partial charge in [0.2, 0.25) is 11.8 Å². The summed E-state index contributed by atoms with van der Waals surface area (Å²) < 4.78 is 0. The van der Waals surface area contributed by atoms with Gasteiger partial charge in [0.25, 0.3) is 0 Å². The molecule has 110 valence electrons. The number of carbonyl (C=O) groups is 2. The van der Waals surface area contributed by atoms with Gasteiger partial charge in [-0.15, -0.1) is 11.8 Å². The lowest BCUT2D eigenvalue weighted by atomic mass is 10.0. The van der Waals surface area contributed by atoms with E-state index in [1.54, 1.807) is 16.7 Å². The van der Waals surface area contributed by atoms with Crippen molar-refractivity contribution in [2.24, 2.45) is 5.92 Å². The summed E-state index contributed by atoms with van der Waals surface area (Å²) in [4.78, 5) is 24.6. The molecule has 4 nitrogen and oxygen atoms in total. The van der Waals surface area contributed by atoms with Crippen LogP contribution in [0.2, 0.25) is 0 Å². The van der Waals surface area contributed by atoms with Gasteiger partial charge in [0.15, 0.2) is 0 Å². The van der Waals surface area contributed by atoms with Gasteiger partial charge >= 0.3 is 0 Å². The molecule has 0 radical (unpaired) electrons. The topological polar surface area (TPSA) is 49.4 Å². The van der Waals surface area contributed by atoms with E-state index in [2.05, 4.69) is 19.2 Å². The van der Waals surface area contributed by atoms with Gasteiger partial charge in [-0.2, -0.15) is 0 Å². The Kier molecular flexibility index (Phi) is 7.94. The van der Waals surface area contributed by atoms with E-state index in [1.807, 2.05) is 0 Å². The molecule has 0 aliphatic carbocycles. The molecule has 0 spiro atoms. The maximum atomic E-state index is 11.6. The molecule has 19 heavy (non-hydrogen) atoms. The SMILES string of the molecule is CC(C)CCCCCCNC(=O)CN1CSCC1=O. The lowest BCUT2D eigenvalue weighted by Gasteiger charge is -2.14. The molecule has 1 N–H and O–H groups in total. The third-order valence-corrected chi connectivity index (χ3v) is 4.14. The summed E-state index contributed by atoms with van der Waals surface area (Å²) in [7, 11) is 0. The summed E-state index contributed by atoms with van der Waals surface area (Å²) in [6.45, 7) is 5.45. The molecule has 0 bridgehead atoms. The monoisotopic (exact) mass is 286 g/mol. The van der Waals surface area contributed by atoms with Crippen molar-refractivity contribution in [1.29, 1.82) is 0 Å². The Morgan fingerprint density at radius 1 is 1.32 bits per heavy atom. The zero-order valence-electron chi connectivity index (χ0n) is 12.1. The predicted molar refractivity (Wildman–Crippen MR) is 80.0 cm³/mol. The number of hydrogen-bond acceptors (Lipinski definition) is 3. The van der Waals surface area contributed by atoms with E-state index < -0.39 is 0 Å². The van der Waals surface area contributed by atoms with E-state index in [9.17, 15) is 9.59 Å². The van der Waals surface area contributed by atoms with Crippen molar-refractivity contribution >= 4 is 23.6 Å². The molecule has 1 aliphatic rings. The summed E-state index contributed by atoms with van der Waals surface area (Å²) >= 11 is 1.57. The first kappa shape index (κ1) is 16.3. The first-order chi connectivity index (χ1) is 9.09. The zero-order chi connectivity index (χ0) is 14.1. The second-order valence-corrected chi connectivity index (χ2v) is 6.47. The standard InChI is InChI=1S/C14H26N2O2S/c1-12(2)7-5-3-4-6-8-15-13(17)9-16-11-19-10-14(16)18/h12H,3-11H2,1-2H3,(H,15,17). The van der Waals surface area contributed by atoms with Crippen LogP contribution in [0.1, 0.15) is 46.0 Å². The third-order valence-electron chi connectivity index (χ3n) is 3.19. The predicted octanol–water partition coefficient (Wildman–Crippen LogP) is 2.24. The zero-order valence-corrected chi connectivity index (χ0v) is 12.9. The first-order valence-electron chi connectivity index (χ1n) is 7.22. The summed E-state index contributed by atoms with van der Waals surface area (Å²) in [5.41, 5.74) is 0. The largest absolute Gasteiger partial charge is 0.355 e. The van der Waals surface area contributed by atoms with Crippen LogP contribution >= 0.6 is 11.8 Å². The summed E-state index contributed by atoms with van der Waals surface area (Å²) in [5.74, 6) is 2.01. The minimum atomic E-state index is -0.0296. The molecule has 0 unspecified atom stereocenters. The van der Waals surface area contributed by atoms with Crippen LogP contribution in [0, 0.1) is 5.92 Å². The van der Waals surface area contributed by atoms with Crippen molar-refractivity contribution in [1.82, 2.24) is 10.2 Å². The Labute approximate surface area is 120 Å². The van der Waals surface area contributed by atoms with Crippen molar-refractivity contribution < 1.29 is 9.59 Å². The average Bonchev–Trinajstić information content (AvgIpc) is 2.73. The highest BCUT2D eigenvalue weighted by molar-refractivity contribution is 8.00. The fourth-order valence-electron chi connectivity index (χ4n) is 2.03. The van der Waals surface area contributed by atoms with E-state index in [-0.39, 0.29) is 18.4 Å². The van der Waals surface area contributed by atoms with Crippen molar-refractivity contribution in [2.75, 3.05) is 24.7 Å². The minimum absolute atomic E-state index is 0.0296. The van der Waals surface area contributed by atoms with Crippen LogP contribution in [-0.4, -0.2) is 41.4 Å². The Hall–Kier alpha value is -0.710. The van der Waals surface area contributed by atoms with Gasteiger partial charge in [-0.1, -0.05) is 39.5 Å². The van der Waals surface area contributed by atoms with Gasteiger partial charge in [-0.05, 0) is 12.3 Å². The van der Waals surface area contributed by atoms with Crippen LogP contribution in [0.5, 0.6) is 0 Å². The Balaban J connectivity index is 1.94. The number of nitrogens with one attached hydrogen (secondary N) is 1. The maximum Gasteiger partial charge on any atom is 0.239 e.